The van der Waals surface area contributed by atoms with E-state index in [0.29, 0.717) is 29.6 Å². The SMILES string of the molecule is O=C1CCC(N2C(=O)c3cccc(CNC[C@@H]4C[C@@H]5C[C@H]4CN5)c3C2=O)C(=O)N1. The van der Waals surface area contributed by atoms with Crippen LogP contribution in [0.15, 0.2) is 18.2 Å². The zero-order valence-corrected chi connectivity index (χ0v) is 16.1. The summed E-state index contributed by atoms with van der Waals surface area (Å²) in [6.07, 6.45) is 2.73. The first-order chi connectivity index (χ1) is 14.0. The van der Waals surface area contributed by atoms with E-state index in [1.165, 1.54) is 12.8 Å². The molecule has 3 N–H and O–H groups in total. The molecular formula is C21H24N4O4. The maximum Gasteiger partial charge on any atom is 0.262 e. The number of hydrogen-bond acceptors (Lipinski definition) is 6. The lowest BCUT2D eigenvalue weighted by atomic mass is 9.95. The first-order valence-electron chi connectivity index (χ1n) is 10.3. The second kappa shape index (κ2) is 7.03. The van der Waals surface area contributed by atoms with E-state index in [9.17, 15) is 19.2 Å². The molecule has 2 saturated heterocycles. The summed E-state index contributed by atoms with van der Waals surface area (Å²) in [7, 11) is 0. The summed E-state index contributed by atoms with van der Waals surface area (Å²) in [5, 5.41) is 9.21. The van der Waals surface area contributed by atoms with Crippen LogP contribution >= 0.6 is 0 Å². The van der Waals surface area contributed by atoms with Crippen LogP contribution in [0, 0.1) is 11.8 Å². The molecule has 2 bridgehead atoms. The molecule has 0 spiro atoms. The molecule has 29 heavy (non-hydrogen) atoms. The molecule has 1 aromatic rings. The number of hydrogen-bond donors (Lipinski definition) is 3. The Kier molecular flexibility index (Phi) is 4.48. The van der Waals surface area contributed by atoms with E-state index < -0.39 is 23.8 Å². The summed E-state index contributed by atoms with van der Waals surface area (Å²) in [4.78, 5) is 50.6. The Hall–Kier alpha value is -2.58. The van der Waals surface area contributed by atoms with Gasteiger partial charge in [-0.3, -0.25) is 29.4 Å². The molecule has 4 aliphatic rings. The fourth-order valence-corrected chi connectivity index (χ4v) is 5.32. The van der Waals surface area contributed by atoms with Crippen LogP contribution in [0.25, 0.3) is 0 Å². The maximum atomic E-state index is 13.1. The summed E-state index contributed by atoms with van der Waals surface area (Å²) in [5.41, 5.74) is 1.49. The predicted octanol–water partition coefficient (Wildman–Crippen LogP) is 0.175. The lowest BCUT2D eigenvalue weighted by molar-refractivity contribution is -0.136. The van der Waals surface area contributed by atoms with Crippen LogP contribution in [0.3, 0.4) is 0 Å². The molecule has 152 valence electrons. The molecule has 4 atom stereocenters. The number of imide groups is 2. The third-order valence-corrected chi connectivity index (χ3v) is 6.79. The highest BCUT2D eigenvalue weighted by molar-refractivity contribution is 6.24. The molecule has 8 heteroatoms. The second-order valence-corrected chi connectivity index (χ2v) is 8.51. The second-order valence-electron chi connectivity index (χ2n) is 8.51. The minimum atomic E-state index is -0.928. The van der Waals surface area contributed by atoms with Crippen LogP contribution < -0.4 is 16.0 Å². The van der Waals surface area contributed by atoms with Crippen molar-refractivity contribution in [2.45, 2.75) is 44.3 Å². The van der Waals surface area contributed by atoms with E-state index in [-0.39, 0.29) is 18.7 Å². The van der Waals surface area contributed by atoms with Gasteiger partial charge in [-0.1, -0.05) is 12.1 Å². The third-order valence-electron chi connectivity index (χ3n) is 6.79. The molecule has 5 rings (SSSR count). The van der Waals surface area contributed by atoms with Gasteiger partial charge in [-0.05, 0) is 55.8 Å². The van der Waals surface area contributed by atoms with Crippen molar-refractivity contribution >= 4 is 23.6 Å². The molecule has 1 aromatic carbocycles. The Morgan fingerprint density at radius 3 is 2.69 bits per heavy atom. The van der Waals surface area contributed by atoms with E-state index in [4.69, 9.17) is 0 Å². The monoisotopic (exact) mass is 396 g/mol. The lowest BCUT2D eigenvalue weighted by Crippen LogP contribution is -2.54. The predicted molar refractivity (Wildman–Crippen MR) is 103 cm³/mol. The van der Waals surface area contributed by atoms with Crippen molar-refractivity contribution in [3.63, 3.8) is 0 Å². The topological polar surface area (TPSA) is 108 Å². The van der Waals surface area contributed by atoms with Crippen molar-refractivity contribution < 1.29 is 19.2 Å². The number of nitrogens with one attached hydrogen (secondary N) is 3. The van der Waals surface area contributed by atoms with Crippen LogP contribution in [-0.2, 0) is 16.1 Å². The Balaban J connectivity index is 1.31. The first-order valence-corrected chi connectivity index (χ1v) is 10.3. The minimum Gasteiger partial charge on any atom is -0.314 e. The Labute approximate surface area is 168 Å². The summed E-state index contributed by atoms with van der Waals surface area (Å²) >= 11 is 0. The number of carbonyl (C=O) groups is 4. The Morgan fingerprint density at radius 2 is 1.97 bits per heavy atom. The Bertz CT molecular complexity index is 914. The van der Waals surface area contributed by atoms with Crippen LogP contribution in [0.4, 0.5) is 0 Å². The van der Waals surface area contributed by atoms with E-state index in [2.05, 4.69) is 16.0 Å². The molecule has 3 heterocycles. The molecule has 3 aliphatic heterocycles. The van der Waals surface area contributed by atoms with Gasteiger partial charge in [0.25, 0.3) is 11.8 Å². The van der Waals surface area contributed by atoms with Gasteiger partial charge in [0.2, 0.25) is 11.8 Å². The van der Waals surface area contributed by atoms with Crippen molar-refractivity contribution in [2.75, 3.05) is 13.1 Å². The van der Waals surface area contributed by atoms with Crippen molar-refractivity contribution in [2.24, 2.45) is 11.8 Å². The van der Waals surface area contributed by atoms with Gasteiger partial charge in [-0.2, -0.15) is 0 Å². The molecule has 8 nitrogen and oxygen atoms in total. The third kappa shape index (κ3) is 3.07. The van der Waals surface area contributed by atoms with E-state index in [0.717, 1.165) is 29.5 Å². The van der Waals surface area contributed by atoms with Crippen LogP contribution in [-0.4, -0.2) is 53.7 Å². The maximum absolute atomic E-state index is 13.1. The van der Waals surface area contributed by atoms with Gasteiger partial charge >= 0.3 is 0 Å². The molecule has 1 aliphatic carbocycles. The number of rotatable bonds is 5. The van der Waals surface area contributed by atoms with Crippen LogP contribution in [0.1, 0.15) is 52.0 Å². The van der Waals surface area contributed by atoms with Crippen LogP contribution in [0.2, 0.25) is 0 Å². The smallest absolute Gasteiger partial charge is 0.262 e. The first kappa shape index (κ1) is 18.4. The van der Waals surface area contributed by atoms with E-state index in [1.807, 2.05) is 6.07 Å². The molecule has 1 unspecified atom stereocenters. The largest absolute Gasteiger partial charge is 0.314 e. The highest BCUT2D eigenvalue weighted by atomic mass is 16.2. The number of piperidine rings is 2. The number of amides is 4. The highest BCUT2D eigenvalue weighted by Gasteiger charge is 2.45. The summed E-state index contributed by atoms with van der Waals surface area (Å²) in [6.45, 7) is 2.49. The van der Waals surface area contributed by atoms with Crippen molar-refractivity contribution in [1.82, 2.24) is 20.9 Å². The Morgan fingerprint density at radius 1 is 1.10 bits per heavy atom. The number of benzene rings is 1. The molecule has 4 amide bonds. The fraction of sp³-hybridized carbons (Fsp3) is 0.524. The molecule has 0 radical (unpaired) electrons. The summed E-state index contributed by atoms with van der Waals surface area (Å²) in [5.74, 6) is -0.485. The number of carbonyl (C=O) groups excluding carboxylic acids is 4. The number of fused-ring (bicyclic) bond motifs is 3. The van der Waals surface area contributed by atoms with E-state index in [1.54, 1.807) is 12.1 Å². The zero-order valence-electron chi connectivity index (χ0n) is 16.1. The van der Waals surface area contributed by atoms with Crippen molar-refractivity contribution in [1.29, 1.82) is 0 Å². The van der Waals surface area contributed by atoms with Crippen molar-refractivity contribution in [3.8, 4) is 0 Å². The van der Waals surface area contributed by atoms with Gasteiger partial charge in [-0.15, -0.1) is 0 Å². The van der Waals surface area contributed by atoms with Gasteiger partial charge in [0, 0.05) is 19.0 Å². The van der Waals surface area contributed by atoms with Gasteiger partial charge < -0.3 is 10.6 Å². The van der Waals surface area contributed by atoms with Gasteiger partial charge in [0.05, 0.1) is 11.1 Å². The van der Waals surface area contributed by atoms with Gasteiger partial charge in [0.1, 0.15) is 6.04 Å². The zero-order chi connectivity index (χ0) is 20.1. The highest BCUT2D eigenvalue weighted by Crippen LogP contribution is 2.36. The standard InChI is InChI=1S/C21H24N4O4/c26-17-5-4-16(19(27)24-17)25-20(28)15-3-1-2-11(18(15)21(25)29)8-22-9-12-6-14-7-13(12)10-23-14/h1-3,12-14,16,22-23H,4-10H2,(H,24,26,27)/t12-,13-,14+,16?/m0/s1. The fourth-order valence-electron chi connectivity index (χ4n) is 5.32. The average Bonchev–Trinajstić information content (AvgIpc) is 3.38. The van der Waals surface area contributed by atoms with E-state index >= 15 is 0 Å². The van der Waals surface area contributed by atoms with Gasteiger partial charge in [-0.25, -0.2) is 0 Å². The lowest BCUT2D eigenvalue weighted by Gasteiger charge is -2.27. The minimum absolute atomic E-state index is 0.122. The number of nitrogens with zero attached hydrogens (tertiary/aromatic N) is 1. The molecular weight excluding hydrogens is 372 g/mol. The van der Waals surface area contributed by atoms with Crippen molar-refractivity contribution in [3.05, 3.63) is 34.9 Å². The average molecular weight is 396 g/mol. The van der Waals surface area contributed by atoms with Gasteiger partial charge in [0.15, 0.2) is 0 Å². The molecule has 1 saturated carbocycles. The quantitative estimate of drug-likeness (QED) is 0.613. The summed E-state index contributed by atoms with van der Waals surface area (Å²) < 4.78 is 0. The molecule has 0 aromatic heterocycles. The molecule has 3 fully saturated rings. The van der Waals surface area contributed by atoms with Crippen LogP contribution in [0.5, 0.6) is 0 Å². The normalized spacial score (nSPS) is 30.8. The summed E-state index contributed by atoms with van der Waals surface area (Å²) in [6, 6.07) is 4.98.